The number of aliphatic hydroxyl groups is 1. The Morgan fingerprint density at radius 2 is 2.19 bits per heavy atom. The van der Waals surface area contributed by atoms with Crippen molar-refractivity contribution in [3.05, 3.63) is 28.8 Å². The van der Waals surface area contributed by atoms with E-state index < -0.39 is 6.10 Å². The number of amides is 2. The molecule has 1 aromatic rings. The fraction of sp³-hybridized carbons (Fsp3) is 0.467. The number of benzene rings is 1. The number of hydrogen-bond donors (Lipinski definition) is 3. The van der Waals surface area contributed by atoms with E-state index in [1.165, 1.54) is 6.07 Å². The molecule has 0 bridgehead atoms. The molecule has 0 radical (unpaired) electrons. The van der Waals surface area contributed by atoms with Gasteiger partial charge in [0.1, 0.15) is 6.07 Å². The van der Waals surface area contributed by atoms with Crippen LogP contribution in [0, 0.1) is 16.7 Å². The molecule has 1 aromatic carbocycles. The first-order chi connectivity index (χ1) is 9.73. The third-order valence-electron chi connectivity index (χ3n) is 2.92. The number of rotatable bonds is 5. The summed E-state index contributed by atoms with van der Waals surface area (Å²) in [5, 5.41) is 23.9. The van der Waals surface area contributed by atoms with Crippen molar-refractivity contribution in [3.8, 4) is 6.07 Å². The van der Waals surface area contributed by atoms with Crippen molar-refractivity contribution in [2.24, 2.45) is 5.41 Å². The minimum atomic E-state index is -0.415. The molecule has 0 spiro atoms. The van der Waals surface area contributed by atoms with Gasteiger partial charge in [-0.2, -0.15) is 5.26 Å². The molecular weight excluding hydrogens is 290 g/mol. The van der Waals surface area contributed by atoms with Crippen LogP contribution in [0.1, 0.15) is 32.8 Å². The number of halogens is 1. The smallest absolute Gasteiger partial charge is 0.319 e. The van der Waals surface area contributed by atoms with Gasteiger partial charge in [0.2, 0.25) is 0 Å². The van der Waals surface area contributed by atoms with Gasteiger partial charge in [-0.05, 0) is 37.0 Å². The maximum atomic E-state index is 11.8. The van der Waals surface area contributed by atoms with Crippen molar-refractivity contribution in [1.82, 2.24) is 5.32 Å². The maximum absolute atomic E-state index is 11.8. The van der Waals surface area contributed by atoms with E-state index in [1.54, 1.807) is 19.1 Å². The first-order valence-corrected chi connectivity index (χ1v) is 7.04. The fourth-order valence-corrected chi connectivity index (χ4v) is 2.27. The quantitative estimate of drug-likeness (QED) is 0.781. The van der Waals surface area contributed by atoms with Crippen LogP contribution in [-0.4, -0.2) is 23.8 Å². The van der Waals surface area contributed by atoms with E-state index in [0.29, 0.717) is 29.2 Å². The van der Waals surface area contributed by atoms with Crippen LogP contribution >= 0.6 is 11.6 Å². The lowest BCUT2D eigenvalue weighted by Crippen LogP contribution is -2.38. The molecule has 6 heteroatoms. The third kappa shape index (κ3) is 6.03. The zero-order chi connectivity index (χ0) is 16.0. The maximum Gasteiger partial charge on any atom is 0.319 e. The highest BCUT2D eigenvalue weighted by molar-refractivity contribution is 6.32. The number of aliphatic hydroxyl groups excluding tert-OH is 1. The van der Waals surface area contributed by atoms with E-state index in [-0.39, 0.29) is 11.4 Å². The fourth-order valence-electron chi connectivity index (χ4n) is 2.05. The summed E-state index contributed by atoms with van der Waals surface area (Å²) in [6.45, 7) is 6.10. The summed E-state index contributed by atoms with van der Waals surface area (Å²) < 4.78 is 0. The number of hydrogen-bond acceptors (Lipinski definition) is 3. The minimum Gasteiger partial charge on any atom is -0.393 e. The zero-order valence-electron chi connectivity index (χ0n) is 12.4. The topological polar surface area (TPSA) is 85.2 Å². The van der Waals surface area contributed by atoms with Gasteiger partial charge >= 0.3 is 6.03 Å². The number of anilines is 1. The van der Waals surface area contributed by atoms with Crippen molar-refractivity contribution in [2.45, 2.75) is 33.3 Å². The summed E-state index contributed by atoms with van der Waals surface area (Å²) in [6, 6.07) is 6.30. The van der Waals surface area contributed by atoms with Crippen LogP contribution in [0.15, 0.2) is 18.2 Å². The number of carbonyl (C=O) groups excluding carboxylic acids is 1. The molecule has 0 aliphatic heterocycles. The van der Waals surface area contributed by atoms with Crippen molar-refractivity contribution in [3.63, 3.8) is 0 Å². The summed E-state index contributed by atoms with van der Waals surface area (Å²) in [5.74, 6) is 0. The molecule has 0 heterocycles. The second-order valence-corrected chi connectivity index (χ2v) is 6.24. The minimum absolute atomic E-state index is 0.201. The number of nitriles is 1. The Kier molecular flexibility index (Phi) is 6.01. The summed E-state index contributed by atoms with van der Waals surface area (Å²) in [7, 11) is 0. The number of urea groups is 1. The predicted octanol–water partition coefficient (Wildman–Crippen LogP) is 3.13. The highest BCUT2D eigenvalue weighted by Crippen LogP contribution is 2.22. The first-order valence-electron chi connectivity index (χ1n) is 6.66. The van der Waals surface area contributed by atoms with Crippen molar-refractivity contribution in [1.29, 1.82) is 5.26 Å². The Labute approximate surface area is 129 Å². The molecule has 1 rings (SSSR count). The molecule has 3 N–H and O–H groups in total. The highest BCUT2D eigenvalue weighted by Gasteiger charge is 2.21. The van der Waals surface area contributed by atoms with Crippen molar-refractivity contribution in [2.75, 3.05) is 11.9 Å². The van der Waals surface area contributed by atoms with Crippen LogP contribution in [0.2, 0.25) is 5.02 Å². The van der Waals surface area contributed by atoms with Gasteiger partial charge in [-0.1, -0.05) is 25.4 Å². The Bertz CT molecular complexity index is 550. The first kappa shape index (κ1) is 17.3. The van der Waals surface area contributed by atoms with Gasteiger partial charge in [-0.3, -0.25) is 0 Å². The summed E-state index contributed by atoms with van der Waals surface area (Å²) in [5.41, 5.74) is 0.680. The van der Waals surface area contributed by atoms with Crippen molar-refractivity contribution >= 4 is 23.3 Å². The van der Waals surface area contributed by atoms with Crippen LogP contribution in [-0.2, 0) is 0 Å². The number of carbonyl (C=O) groups is 1. The molecule has 0 aliphatic rings. The van der Waals surface area contributed by atoms with Gasteiger partial charge in [0.05, 0.1) is 16.7 Å². The van der Waals surface area contributed by atoms with E-state index in [9.17, 15) is 9.90 Å². The SMILES string of the molecule is CC(O)CC(C)(C)CNC(=O)Nc1ccc(C#N)c(Cl)c1. The standard InChI is InChI=1S/C15H20ClN3O2/c1-10(20)7-15(2,3)9-18-14(21)19-12-5-4-11(8-17)13(16)6-12/h4-6,10,20H,7,9H2,1-3H3,(H2,18,19,21). The van der Waals surface area contributed by atoms with E-state index in [1.807, 2.05) is 19.9 Å². The van der Waals surface area contributed by atoms with Crippen LogP contribution in [0.5, 0.6) is 0 Å². The summed E-state index contributed by atoms with van der Waals surface area (Å²) >= 11 is 5.90. The lowest BCUT2D eigenvalue weighted by molar-refractivity contribution is 0.129. The molecule has 2 amide bonds. The summed E-state index contributed by atoms with van der Waals surface area (Å²) in [4.78, 5) is 11.8. The second kappa shape index (κ2) is 7.30. The summed E-state index contributed by atoms with van der Waals surface area (Å²) in [6.07, 6.45) is 0.179. The third-order valence-corrected chi connectivity index (χ3v) is 3.24. The van der Waals surface area contributed by atoms with E-state index >= 15 is 0 Å². The molecule has 1 atom stereocenters. The van der Waals surface area contributed by atoms with Gasteiger partial charge in [0, 0.05) is 12.2 Å². The average molecular weight is 310 g/mol. The zero-order valence-corrected chi connectivity index (χ0v) is 13.2. The van der Waals surface area contributed by atoms with Crippen LogP contribution in [0.4, 0.5) is 10.5 Å². The van der Waals surface area contributed by atoms with Gasteiger partial charge in [-0.25, -0.2) is 4.79 Å². The van der Waals surface area contributed by atoms with E-state index in [0.717, 1.165) is 0 Å². The van der Waals surface area contributed by atoms with Crippen LogP contribution < -0.4 is 10.6 Å². The lowest BCUT2D eigenvalue weighted by Gasteiger charge is -2.26. The molecule has 0 fully saturated rings. The van der Waals surface area contributed by atoms with Gasteiger partial charge in [0.25, 0.3) is 0 Å². The lowest BCUT2D eigenvalue weighted by atomic mass is 9.87. The Morgan fingerprint density at radius 3 is 2.71 bits per heavy atom. The van der Waals surface area contributed by atoms with E-state index in [4.69, 9.17) is 16.9 Å². The normalized spacial score (nSPS) is 12.4. The van der Waals surface area contributed by atoms with E-state index in [2.05, 4.69) is 10.6 Å². The molecule has 21 heavy (non-hydrogen) atoms. The molecule has 0 saturated carbocycles. The predicted molar refractivity (Wildman–Crippen MR) is 83.3 cm³/mol. The van der Waals surface area contributed by atoms with Crippen LogP contribution in [0.3, 0.4) is 0 Å². The Balaban J connectivity index is 2.55. The monoisotopic (exact) mass is 309 g/mol. The molecule has 114 valence electrons. The van der Waals surface area contributed by atoms with Crippen LogP contribution in [0.25, 0.3) is 0 Å². The highest BCUT2D eigenvalue weighted by atomic mass is 35.5. The number of nitrogens with zero attached hydrogens (tertiary/aromatic N) is 1. The molecule has 5 nitrogen and oxygen atoms in total. The Morgan fingerprint density at radius 1 is 1.52 bits per heavy atom. The second-order valence-electron chi connectivity index (χ2n) is 5.83. The molecule has 1 unspecified atom stereocenters. The average Bonchev–Trinajstić information content (AvgIpc) is 2.35. The van der Waals surface area contributed by atoms with Gasteiger partial charge in [0.15, 0.2) is 0 Å². The van der Waals surface area contributed by atoms with Crippen molar-refractivity contribution < 1.29 is 9.90 Å². The molecular formula is C15H20ClN3O2. The molecule has 0 saturated heterocycles. The van der Waals surface area contributed by atoms with Gasteiger partial charge < -0.3 is 15.7 Å². The molecule has 0 aromatic heterocycles. The number of nitrogens with one attached hydrogen (secondary N) is 2. The largest absolute Gasteiger partial charge is 0.393 e. The Hall–Kier alpha value is -1.77. The van der Waals surface area contributed by atoms with Gasteiger partial charge in [-0.15, -0.1) is 0 Å². The molecule has 0 aliphatic carbocycles.